The number of hydrogen-bond acceptors (Lipinski definition) is 4. The number of rotatable bonds is 5. The second kappa shape index (κ2) is 12.8. The number of aryl methyl sites for hydroxylation is 1. The molecule has 3 heterocycles. The van der Waals surface area contributed by atoms with Crippen molar-refractivity contribution in [3.8, 4) is 11.5 Å². The van der Waals surface area contributed by atoms with E-state index in [1.54, 1.807) is 0 Å². The predicted molar refractivity (Wildman–Crippen MR) is 239 cm³/mol. The fourth-order valence-electron chi connectivity index (χ4n) is 9.43. The molecule has 4 nitrogen and oxygen atoms in total. The molecular weight excluding hydrogens is 693 g/mol. The number of fused-ring (bicyclic) bond motifs is 6. The first-order chi connectivity index (χ1) is 28.0. The van der Waals surface area contributed by atoms with Gasteiger partial charge in [-0.2, -0.15) is 0 Å². The maximum atomic E-state index is 6.51. The molecule has 0 aromatic heterocycles. The lowest BCUT2D eigenvalue weighted by molar-refractivity contribution is 0.418. The Hall–Kier alpha value is -6.98. The Labute approximate surface area is 334 Å². The second-order valence-electron chi connectivity index (χ2n) is 15.9. The zero-order chi connectivity index (χ0) is 38.3. The molecule has 0 radical (unpaired) electrons. The molecule has 57 heavy (non-hydrogen) atoms. The van der Waals surface area contributed by atoms with Crippen molar-refractivity contribution in [1.29, 1.82) is 0 Å². The van der Waals surface area contributed by atoms with Crippen LogP contribution >= 0.6 is 0 Å². The lowest BCUT2D eigenvalue weighted by atomic mass is 9.33. The summed E-state index contributed by atoms with van der Waals surface area (Å²) in [5.74, 6) is 1.83. The normalized spacial score (nSPS) is 14.1. The highest BCUT2D eigenvalue weighted by Gasteiger charge is 2.43. The minimum Gasteiger partial charge on any atom is -0.457 e. The smallest absolute Gasteiger partial charge is 0.252 e. The number of ether oxygens (including phenoxy) is 1. The molecule has 0 aliphatic carbocycles. The van der Waals surface area contributed by atoms with Gasteiger partial charge in [0.05, 0.1) is 0 Å². The van der Waals surface area contributed by atoms with E-state index in [4.69, 9.17) is 4.74 Å². The van der Waals surface area contributed by atoms with Crippen molar-refractivity contribution in [2.45, 2.75) is 26.2 Å². The average Bonchev–Trinajstić information content (AvgIpc) is 3.25. The number of anilines is 9. The third-order valence-electron chi connectivity index (χ3n) is 12.1. The number of nitrogens with zero attached hydrogens (tertiary/aromatic N) is 3. The van der Waals surface area contributed by atoms with E-state index in [2.05, 4.69) is 217 Å². The van der Waals surface area contributed by atoms with Gasteiger partial charge in [0.15, 0.2) is 0 Å². The molecule has 0 saturated heterocycles. The van der Waals surface area contributed by atoms with Crippen LogP contribution in [0.15, 0.2) is 188 Å². The van der Waals surface area contributed by atoms with Gasteiger partial charge in [-0.05, 0) is 114 Å². The van der Waals surface area contributed by atoms with Crippen molar-refractivity contribution in [2.24, 2.45) is 0 Å². The molecule has 0 amide bonds. The van der Waals surface area contributed by atoms with Crippen LogP contribution in [0.4, 0.5) is 51.2 Å². The molecule has 0 bridgehead atoms. The molecule has 0 N–H and O–H groups in total. The van der Waals surface area contributed by atoms with Gasteiger partial charge in [-0.1, -0.05) is 116 Å². The van der Waals surface area contributed by atoms with Crippen LogP contribution in [0.5, 0.6) is 11.5 Å². The molecule has 5 heteroatoms. The van der Waals surface area contributed by atoms with Gasteiger partial charge in [-0.25, -0.2) is 0 Å². The maximum absolute atomic E-state index is 6.51. The largest absolute Gasteiger partial charge is 0.457 e. The van der Waals surface area contributed by atoms with Crippen molar-refractivity contribution < 1.29 is 4.74 Å². The predicted octanol–water partition coefficient (Wildman–Crippen LogP) is 12.0. The topological polar surface area (TPSA) is 19.0 Å². The molecule has 3 aliphatic rings. The van der Waals surface area contributed by atoms with Crippen LogP contribution in [-0.2, 0) is 5.41 Å². The van der Waals surface area contributed by atoms with Gasteiger partial charge in [0.25, 0.3) is 6.71 Å². The third-order valence-corrected chi connectivity index (χ3v) is 12.1. The lowest BCUT2D eigenvalue weighted by Gasteiger charge is -2.44. The van der Waals surface area contributed by atoms with Crippen LogP contribution in [-0.4, -0.2) is 6.71 Å². The highest BCUT2D eigenvalue weighted by molar-refractivity contribution is 7.00. The Morgan fingerprint density at radius 3 is 1.82 bits per heavy atom. The van der Waals surface area contributed by atoms with Gasteiger partial charge in [0, 0.05) is 67.7 Å². The summed E-state index contributed by atoms with van der Waals surface area (Å²) in [7, 11) is 0. The number of para-hydroxylation sites is 4. The Morgan fingerprint density at radius 2 is 1.04 bits per heavy atom. The zero-order valence-electron chi connectivity index (χ0n) is 32.2. The molecule has 8 aromatic carbocycles. The summed E-state index contributed by atoms with van der Waals surface area (Å²) in [6, 6.07) is 68.4. The van der Waals surface area contributed by atoms with Crippen LogP contribution < -0.4 is 35.8 Å². The molecule has 0 saturated carbocycles. The van der Waals surface area contributed by atoms with Crippen LogP contribution in [0, 0.1) is 6.92 Å². The van der Waals surface area contributed by atoms with Crippen molar-refractivity contribution in [2.75, 3.05) is 14.7 Å². The molecule has 272 valence electrons. The monoisotopic (exact) mass is 733 g/mol. The first-order valence-electron chi connectivity index (χ1n) is 19.8. The van der Waals surface area contributed by atoms with Crippen molar-refractivity contribution >= 4 is 74.3 Å². The Morgan fingerprint density at radius 1 is 0.456 bits per heavy atom. The molecule has 0 fully saturated rings. The fourth-order valence-corrected chi connectivity index (χ4v) is 9.43. The molecule has 0 spiro atoms. The minimum absolute atomic E-state index is 0.0463. The van der Waals surface area contributed by atoms with E-state index in [1.165, 1.54) is 55.8 Å². The highest BCUT2D eigenvalue weighted by atomic mass is 16.5. The second-order valence-corrected chi connectivity index (χ2v) is 15.9. The van der Waals surface area contributed by atoms with E-state index >= 15 is 0 Å². The molecule has 0 atom stereocenters. The number of benzene rings is 8. The van der Waals surface area contributed by atoms with Gasteiger partial charge < -0.3 is 19.4 Å². The Balaban J connectivity index is 1.13. The summed E-state index contributed by atoms with van der Waals surface area (Å²) in [5.41, 5.74) is 17.6. The Bertz CT molecular complexity index is 2840. The van der Waals surface area contributed by atoms with E-state index in [1.807, 2.05) is 6.07 Å². The van der Waals surface area contributed by atoms with Gasteiger partial charge in [0.1, 0.15) is 11.5 Å². The first kappa shape index (κ1) is 33.4. The molecule has 8 aromatic rings. The van der Waals surface area contributed by atoms with Gasteiger partial charge in [-0.3, -0.25) is 0 Å². The highest BCUT2D eigenvalue weighted by Crippen LogP contribution is 2.51. The fraction of sp³-hybridized carbons (Fsp3) is 0.0769. The third kappa shape index (κ3) is 5.15. The van der Waals surface area contributed by atoms with Crippen LogP contribution in [0.2, 0.25) is 0 Å². The average molecular weight is 734 g/mol. The van der Waals surface area contributed by atoms with E-state index in [-0.39, 0.29) is 12.1 Å². The Kier molecular flexibility index (Phi) is 7.49. The first-order valence-corrected chi connectivity index (χ1v) is 19.8. The SMILES string of the molecule is Cc1ccc(N2c3cc(N(c4ccccc4)c4ccc5c(c4)C(C)(C)c4ccccc4O5)ccc3B3c4ccccc4N(c4ccccc4)c4cccc2c43)cc1. The summed E-state index contributed by atoms with van der Waals surface area (Å²) in [6.45, 7) is 6.80. The van der Waals surface area contributed by atoms with Gasteiger partial charge in [0.2, 0.25) is 0 Å². The summed E-state index contributed by atoms with van der Waals surface area (Å²) >= 11 is 0. The van der Waals surface area contributed by atoms with Crippen molar-refractivity contribution in [3.05, 3.63) is 205 Å². The van der Waals surface area contributed by atoms with Crippen LogP contribution in [0.3, 0.4) is 0 Å². The van der Waals surface area contributed by atoms with Gasteiger partial charge >= 0.3 is 0 Å². The molecule has 3 aliphatic heterocycles. The zero-order valence-corrected chi connectivity index (χ0v) is 32.2. The molecule has 11 rings (SSSR count). The molecular formula is C52H40BN3O. The summed E-state index contributed by atoms with van der Waals surface area (Å²) < 4.78 is 6.51. The minimum atomic E-state index is -0.246. The summed E-state index contributed by atoms with van der Waals surface area (Å²) in [6.07, 6.45) is 0. The summed E-state index contributed by atoms with van der Waals surface area (Å²) in [4.78, 5) is 7.31. The van der Waals surface area contributed by atoms with Crippen molar-refractivity contribution in [3.63, 3.8) is 0 Å². The van der Waals surface area contributed by atoms with Crippen LogP contribution in [0.1, 0.15) is 30.5 Å². The maximum Gasteiger partial charge on any atom is 0.252 e. The standard InChI is InChI=1S/C52H40BN3O/c1-35-25-27-38(28-26-35)56-47-23-14-22-46-51(47)53(43-20-11-12-21-45(43)55(46)37-17-8-5-9-18-37)44-31-29-40(34-48(44)56)54(36-15-6-4-7-16-36)39-30-32-50-42(33-39)52(2,3)41-19-10-13-24-49(41)57-50/h4-34H,1-3H3. The quantitative estimate of drug-likeness (QED) is 0.164. The van der Waals surface area contributed by atoms with Crippen molar-refractivity contribution in [1.82, 2.24) is 0 Å². The lowest BCUT2D eigenvalue weighted by Crippen LogP contribution is -2.61. The van der Waals surface area contributed by atoms with Crippen LogP contribution in [0.25, 0.3) is 0 Å². The molecule has 0 unspecified atom stereocenters. The van der Waals surface area contributed by atoms with E-state index in [9.17, 15) is 0 Å². The number of hydrogen-bond donors (Lipinski definition) is 0. The summed E-state index contributed by atoms with van der Waals surface area (Å²) in [5, 5.41) is 0. The van der Waals surface area contributed by atoms with E-state index in [0.29, 0.717) is 0 Å². The van der Waals surface area contributed by atoms with Gasteiger partial charge in [-0.15, -0.1) is 0 Å². The van der Waals surface area contributed by atoms with E-state index in [0.717, 1.165) is 39.9 Å². The van der Waals surface area contributed by atoms with E-state index < -0.39 is 0 Å².